The second-order valence-corrected chi connectivity index (χ2v) is 4.31. The van der Waals surface area contributed by atoms with Crippen LogP contribution in [0.25, 0.3) is 0 Å². The van der Waals surface area contributed by atoms with Crippen LogP contribution in [0, 0.1) is 17.8 Å². The van der Waals surface area contributed by atoms with Gasteiger partial charge in [-0.3, -0.25) is 4.79 Å². The number of carboxylic acids is 1. The summed E-state index contributed by atoms with van der Waals surface area (Å²) in [5.41, 5.74) is 5.75. The minimum absolute atomic E-state index is 0.113. The van der Waals surface area contributed by atoms with Gasteiger partial charge in [0.2, 0.25) is 0 Å². The molecule has 0 aromatic carbocycles. The van der Waals surface area contributed by atoms with Crippen molar-refractivity contribution >= 4 is 5.97 Å². The zero-order valence-corrected chi connectivity index (χ0v) is 7.39. The van der Waals surface area contributed by atoms with Crippen LogP contribution in [0.2, 0.25) is 0 Å². The van der Waals surface area contributed by atoms with Crippen molar-refractivity contribution in [1.82, 2.24) is 0 Å². The number of aliphatic carboxylic acids is 1. The maximum atomic E-state index is 10.9. The van der Waals surface area contributed by atoms with Crippen molar-refractivity contribution in [3.05, 3.63) is 0 Å². The summed E-state index contributed by atoms with van der Waals surface area (Å²) >= 11 is 0. The Labute approximate surface area is 76.7 Å². The van der Waals surface area contributed by atoms with Crippen LogP contribution in [-0.2, 0) is 4.79 Å². The quantitative estimate of drug-likeness (QED) is 0.528. The Morgan fingerprint density at radius 2 is 2.00 bits per heavy atom. The van der Waals surface area contributed by atoms with Crippen LogP contribution < -0.4 is 5.73 Å². The number of rotatable bonds is 1. The summed E-state index contributed by atoms with van der Waals surface area (Å²) in [4.78, 5) is 10.9. The van der Waals surface area contributed by atoms with E-state index in [2.05, 4.69) is 0 Å². The molecule has 0 saturated heterocycles. The van der Waals surface area contributed by atoms with Crippen molar-refractivity contribution in [2.75, 3.05) is 0 Å². The van der Waals surface area contributed by atoms with E-state index in [1.807, 2.05) is 0 Å². The van der Waals surface area contributed by atoms with Crippen LogP contribution in [0.5, 0.6) is 0 Å². The molecule has 0 spiro atoms. The zero-order valence-electron chi connectivity index (χ0n) is 7.39. The Morgan fingerprint density at radius 1 is 1.31 bits per heavy atom. The fourth-order valence-electron chi connectivity index (χ4n) is 3.02. The number of carboxylic acid groups (broad SMARTS) is 1. The Kier molecular flexibility index (Phi) is 2.04. The molecule has 0 radical (unpaired) electrons. The van der Waals surface area contributed by atoms with E-state index < -0.39 is 11.9 Å². The van der Waals surface area contributed by atoms with Gasteiger partial charge in [-0.05, 0) is 31.1 Å². The van der Waals surface area contributed by atoms with Crippen molar-refractivity contribution in [2.24, 2.45) is 23.5 Å². The maximum absolute atomic E-state index is 10.9. The van der Waals surface area contributed by atoms with Gasteiger partial charge in [-0.2, -0.15) is 0 Å². The summed E-state index contributed by atoms with van der Waals surface area (Å²) < 4.78 is 0. The van der Waals surface area contributed by atoms with E-state index in [1.54, 1.807) is 0 Å². The van der Waals surface area contributed by atoms with Crippen molar-refractivity contribution < 1.29 is 15.0 Å². The van der Waals surface area contributed by atoms with Crippen LogP contribution in [-0.4, -0.2) is 28.3 Å². The van der Waals surface area contributed by atoms with Crippen molar-refractivity contribution in [3.63, 3.8) is 0 Å². The Hall–Kier alpha value is -0.610. The van der Waals surface area contributed by atoms with Crippen molar-refractivity contribution in [1.29, 1.82) is 0 Å². The van der Waals surface area contributed by atoms with E-state index in [9.17, 15) is 9.90 Å². The van der Waals surface area contributed by atoms with Crippen LogP contribution in [0.15, 0.2) is 0 Å². The molecule has 5 atom stereocenters. The topological polar surface area (TPSA) is 83.5 Å². The third kappa shape index (κ3) is 1.34. The van der Waals surface area contributed by atoms with E-state index in [0.717, 1.165) is 12.8 Å². The highest BCUT2D eigenvalue weighted by Crippen LogP contribution is 2.47. The second kappa shape index (κ2) is 2.96. The zero-order chi connectivity index (χ0) is 9.59. The minimum atomic E-state index is -0.797. The lowest BCUT2D eigenvalue weighted by Crippen LogP contribution is -2.34. The molecule has 2 fully saturated rings. The van der Waals surface area contributed by atoms with E-state index in [-0.39, 0.29) is 18.1 Å². The van der Waals surface area contributed by atoms with Crippen LogP contribution in [0.4, 0.5) is 0 Å². The molecule has 2 rings (SSSR count). The average Bonchev–Trinajstić information content (AvgIpc) is 2.41. The number of fused-ring (bicyclic) bond motifs is 1. The molecule has 0 bridgehead atoms. The first-order valence-electron chi connectivity index (χ1n) is 4.76. The third-order valence-corrected chi connectivity index (χ3v) is 3.51. The Balaban J connectivity index is 2.14. The number of carbonyl (C=O) groups is 1. The monoisotopic (exact) mass is 185 g/mol. The Morgan fingerprint density at radius 3 is 2.62 bits per heavy atom. The van der Waals surface area contributed by atoms with Crippen molar-refractivity contribution in [2.45, 2.75) is 31.4 Å². The highest BCUT2D eigenvalue weighted by molar-refractivity contribution is 5.72. The van der Waals surface area contributed by atoms with Gasteiger partial charge in [-0.15, -0.1) is 0 Å². The standard InChI is InChI=1S/C9H15NO3/c10-7-2-4-1-5(11)3-6(4)8(7)9(12)13/h4-8,11H,1-3,10H2,(H,12,13)/t4-,5-,6-,7-,8+/m1/s1. The van der Waals surface area contributed by atoms with E-state index >= 15 is 0 Å². The van der Waals surface area contributed by atoms with Crippen LogP contribution in [0.3, 0.4) is 0 Å². The van der Waals surface area contributed by atoms with E-state index in [0.29, 0.717) is 12.3 Å². The molecule has 4 nitrogen and oxygen atoms in total. The molecule has 13 heavy (non-hydrogen) atoms. The van der Waals surface area contributed by atoms with Gasteiger partial charge in [0.15, 0.2) is 0 Å². The lowest BCUT2D eigenvalue weighted by Gasteiger charge is -2.16. The summed E-state index contributed by atoms with van der Waals surface area (Å²) in [6.45, 7) is 0. The van der Waals surface area contributed by atoms with Gasteiger partial charge in [0.05, 0.1) is 12.0 Å². The molecular formula is C9H15NO3. The largest absolute Gasteiger partial charge is 0.481 e. The third-order valence-electron chi connectivity index (χ3n) is 3.51. The first kappa shape index (κ1) is 8.97. The number of hydrogen-bond acceptors (Lipinski definition) is 3. The molecule has 4 heteroatoms. The maximum Gasteiger partial charge on any atom is 0.308 e. The lowest BCUT2D eigenvalue weighted by atomic mass is 9.91. The number of aliphatic hydroxyl groups excluding tert-OH is 1. The number of aliphatic hydroxyl groups is 1. The van der Waals surface area contributed by atoms with Gasteiger partial charge in [-0.1, -0.05) is 0 Å². The predicted molar refractivity (Wildman–Crippen MR) is 45.9 cm³/mol. The SMILES string of the molecule is N[C@@H]1C[C@H]2C[C@@H](O)C[C@H]2[C@@H]1C(=O)O. The molecular weight excluding hydrogens is 170 g/mol. The summed E-state index contributed by atoms with van der Waals surface area (Å²) in [7, 11) is 0. The summed E-state index contributed by atoms with van der Waals surface area (Å²) in [6.07, 6.45) is 1.82. The molecule has 2 saturated carbocycles. The van der Waals surface area contributed by atoms with Gasteiger partial charge in [0, 0.05) is 6.04 Å². The fourth-order valence-corrected chi connectivity index (χ4v) is 3.02. The summed E-state index contributed by atoms with van der Waals surface area (Å²) in [5, 5.41) is 18.3. The second-order valence-electron chi connectivity index (χ2n) is 4.31. The Bertz CT molecular complexity index is 231. The molecule has 74 valence electrons. The summed E-state index contributed by atoms with van der Waals surface area (Å²) in [5.74, 6) is -0.773. The van der Waals surface area contributed by atoms with E-state index in [1.165, 1.54) is 0 Å². The molecule has 0 aromatic heterocycles. The van der Waals surface area contributed by atoms with Gasteiger partial charge >= 0.3 is 5.97 Å². The smallest absolute Gasteiger partial charge is 0.308 e. The highest BCUT2D eigenvalue weighted by Gasteiger charge is 2.49. The first-order valence-corrected chi connectivity index (χ1v) is 4.76. The lowest BCUT2D eigenvalue weighted by molar-refractivity contribution is -0.143. The van der Waals surface area contributed by atoms with Crippen LogP contribution in [0.1, 0.15) is 19.3 Å². The molecule has 0 amide bonds. The molecule has 0 aromatic rings. The molecule has 0 heterocycles. The normalized spacial score (nSPS) is 49.2. The number of hydrogen-bond donors (Lipinski definition) is 3. The average molecular weight is 185 g/mol. The van der Waals surface area contributed by atoms with Gasteiger partial charge < -0.3 is 15.9 Å². The minimum Gasteiger partial charge on any atom is -0.481 e. The molecule has 2 aliphatic rings. The first-order chi connectivity index (χ1) is 6.09. The molecule has 2 aliphatic carbocycles. The highest BCUT2D eigenvalue weighted by atomic mass is 16.4. The van der Waals surface area contributed by atoms with Gasteiger partial charge in [0.1, 0.15) is 0 Å². The molecule has 0 unspecified atom stereocenters. The van der Waals surface area contributed by atoms with Crippen molar-refractivity contribution in [3.8, 4) is 0 Å². The number of nitrogens with two attached hydrogens (primary N) is 1. The predicted octanol–water partition coefficient (Wildman–Crippen LogP) is -0.195. The van der Waals surface area contributed by atoms with Gasteiger partial charge in [0.25, 0.3) is 0 Å². The summed E-state index contributed by atoms with van der Waals surface area (Å²) in [6, 6.07) is -0.208. The molecule has 4 N–H and O–H groups in total. The van der Waals surface area contributed by atoms with Gasteiger partial charge in [-0.25, -0.2) is 0 Å². The van der Waals surface area contributed by atoms with Crippen LogP contribution >= 0.6 is 0 Å². The molecule has 0 aliphatic heterocycles. The fraction of sp³-hybridized carbons (Fsp3) is 0.889. The van der Waals surface area contributed by atoms with E-state index in [4.69, 9.17) is 10.8 Å².